The van der Waals surface area contributed by atoms with Gasteiger partial charge in [-0.1, -0.05) is 57.2 Å². The third-order valence-electron chi connectivity index (χ3n) is 7.58. The van der Waals surface area contributed by atoms with E-state index in [0.717, 1.165) is 41.3 Å². The highest BCUT2D eigenvalue weighted by Gasteiger charge is 2.50. The largest absolute Gasteiger partial charge is 0.399 e. The van der Waals surface area contributed by atoms with E-state index in [1.54, 1.807) is 16.2 Å². The van der Waals surface area contributed by atoms with Crippen molar-refractivity contribution in [1.82, 2.24) is 20.2 Å². The number of aromatic nitrogens is 2. The van der Waals surface area contributed by atoms with Crippen molar-refractivity contribution in [2.45, 2.75) is 57.8 Å². The van der Waals surface area contributed by atoms with Crippen molar-refractivity contribution in [2.75, 3.05) is 6.54 Å². The Bertz CT molecular complexity index is 1700. The summed E-state index contributed by atoms with van der Waals surface area (Å²) in [5, 5.41) is 3.87. The maximum Gasteiger partial charge on any atom is 0.399 e. The van der Waals surface area contributed by atoms with Gasteiger partial charge in [0, 0.05) is 40.5 Å². The first-order valence-corrected chi connectivity index (χ1v) is 16.2. The molecule has 1 aliphatic rings. The molecule has 13 heteroatoms. The number of amides is 2. The van der Waals surface area contributed by atoms with Gasteiger partial charge in [-0.3, -0.25) is 14.2 Å². The Morgan fingerprint density at radius 2 is 1.88 bits per heavy atom. The molecule has 4 N–H and O–H groups in total. The van der Waals surface area contributed by atoms with Crippen LogP contribution < -0.4 is 5.32 Å². The zero-order valence-corrected chi connectivity index (χ0v) is 25.6. The minimum atomic E-state index is -5.75. The summed E-state index contributed by atoms with van der Waals surface area (Å²) in [7, 11) is -5.75. The predicted molar refractivity (Wildman–Crippen MR) is 160 cm³/mol. The first-order chi connectivity index (χ1) is 20.1. The highest BCUT2D eigenvalue weighted by molar-refractivity contribution is 7.52. The zero-order valence-electron chi connectivity index (χ0n) is 23.9. The monoisotopic (exact) mass is 630 g/mol. The van der Waals surface area contributed by atoms with Crippen LogP contribution in [-0.4, -0.2) is 49.1 Å². The van der Waals surface area contributed by atoms with Crippen molar-refractivity contribution in [1.29, 1.82) is 0 Å². The average molecular weight is 631 g/mol. The number of carbonyl (C=O) groups excluding carboxylic acids is 2. The minimum absolute atomic E-state index is 0.0251. The second-order valence-electron chi connectivity index (χ2n) is 11.9. The highest BCUT2D eigenvalue weighted by atomic mass is 32.1. The van der Waals surface area contributed by atoms with Crippen molar-refractivity contribution < 1.29 is 32.7 Å². The average Bonchev–Trinajstić information content (AvgIpc) is 3.69. The number of alkyl halides is 2. The van der Waals surface area contributed by atoms with Crippen LogP contribution in [0.4, 0.5) is 8.78 Å². The predicted octanol–water partition coefficient (Wildman–Crippen LogP) is 5.95. The number of nitrogens with zero attached hydrogens (tertiary/aromatic N) is 2. The number of likely N-dealkylation sites (tertiary alicyclic amines) is 1. The molecule has 4 aromatic rings. The minimum Gasteiger partial charge on any atom is -0.351 e. The van der Waals surface area contributed by atoms with Gasteiger partial charge in [0.25, 0.3) is 5.91 Å². The molecule has 1 unspecified atom stereocenters. The molecule has 0 radical (unpaired) electrons. The van der Waals surface area contributed by atoms with Crippen LogP contribution in [0.15, 0.2) is 60.8 Å². The number of thiazole rings is 1. The summed E-state index contributed by atoms with van der Waals surface area (Å²) in [4.78, 5) is 55.9. The molecule has 1 saturated heterocycles. The number of nitrogens with one attached hydrogen (secondary N) is 2. The molecule has 2 aromatic carbocycles. The van der Waals surface area contributed by atoms with Crippen LogP contribution in [0.1, 0.15) is 71.2 Å². The van der Waals surface area contributed by atoms with Crippen LogP contribution in [0, 0.1) is 5.41 Å². The van der Waals surface area contributed by atoms with Crippen molar-refractivity contribution in [3.05, 3.63) is 87.5 Å². The summed E-state index contributed by atoms with van der Waals surface area (Å²) >= 11 is 1.58. The van der Waals surface area contributed by atoms with E-state index in [2.05, 4.69) is 27.4 Å². The van der Waals surface area contributed by atoms with Crippen LogP contribution in [-0.2, 0) is 21.4 Å². The number of aromatic amines is 1. The Morgan fingerprint density at radius 1 is 1.16 bits per heavy atom. The molecular weight excluding hydrogens is 597 g/mol. The number of fused-ring (bicyclic) bond motifs is 1. The molecule has 9 nitrogen and oxygen atoms in total. The van der Waals surface area contributed by atoms with Gasteiger partial charge in [0.15, 0.2) is 0 Å². The van der Waals surface area contributed by atoms with Gasteiger partial charge < -0.3 is 25.0 Å². The Morgan fingerprint density at radius 3 is 2.56 bits per heavy atom. The lowest BCUT2D eigenvalue weighted by Crippen LogP contribution is -2.54. The standard InChI is InChI=1S/C30H33F2N4O5PS/c1-29(2,3)25(35-26(37)23-16-19-15-20(11-12-22(19)34-23)30(31,32)42(39,40)41)28(38)36-13-7-10-24(36)27-33-17-21(43-27)14-18-8-5-4-6-9-18/h4-6,8-9,11-12,15-17,24-25,34H,7,10,13-14H2,1-3H3,(H,35,37)(H2,39,40,41)/t24-,25?/m0/s1. The molecule has 228 valence electrons. The van der Waals surface area contributed by atoms with Gasteiger partial charge in [-0.2, -0.15) is 8.78 Å². The van der Waals surface area contributed by atoms with Gasteiger partial charge in [-0.25, -0.2) is 4.98 Å². The Labute approximate surface area is 251 Å². The second-order valence-corrected chi connectivity index (χ2v) is 14.7. The van der Waals surface area contributed by atoms with E-state index in [0.29, 0.717) is 12.1 Å². The van der Waals surface area contributed by atoms with Gasteiger partial charge in [0.2, 0.25) is 5.91 Å². The summed E-state index contributed by atoms with van der Waals surface area (Å²) in [6.07, 6.45) is 4.17. The maximum atomic E-state index is 14.3. The van der Waals surface area contributed by atoms with Crippen LogP contribution >= 0.6 is 18.9 Å². The van der Waals surface area contributed by atoms with Crippen molar-refractivity contribution in [3.8, 4) is 0 Å². The van der Waals surface area contributed by atoms with Gasteiger partial charge >= 0.3 is 13.3 Å². The SMILES string of the molecule is CC(C)(C)C(NC(=O)c1cc2cc(C(F)(F)P(=O)(O)O)ccc2[nH]1)C(=O)N1CCC[C@H]1c1ncc(Cc2ccccc2)s1. The van der Waals surface area contributed by atoms with E-state index in [4.69, 9.17) is 9.79 Å². The summed E-state index contributed by atoms with van der Waals surface area (Å²) < 4.78 is 39.8. The number of benzene rings is 2. The normalized spacial score (nSPS) is 16.9. The molecule has 0 saturated carbocycles. The second kappa shape index (κ2) is 11.6. The summed E-state index contributed by atoms with van der Waals surface area (Å²) in [6.45, 7) is 6.08. The lowest BCUT2D eigenvalue weighted by molar-refractivity contribution is -0.136. The molecule has 5 rings (SSSR count). The fourth-order valence-corrected chi connectivity index (χ4v) is 6.85. The van der Waals surface area contributed by atoms with Gasteiger partial charge in [0.05, 0.1) is 6.04 Å². The molecule has 1 fully saturated rings. The Hall–Kier alpha value is -3.44. The van der Waals surface area contributed by atoms with E-state index in [-0.39, 0.29) is 23.0 Å². The lowest BCUT2D eigenvalue weighted by atomic mass is 9.85. The molecule has 0 aliphatic carbocycles. The molecular formula is C30H33F2N4O5PS. The van der Waals surface area contributed by atoms with Crippen molar-refractivity contribution in [2.24, 2.45) is 5.41 Å². The Kier molecular flexibility index (Phi) is 8.34. The van der Waals surface area contributed by atoms with Crippen LogP contribution in [0.5, 0.6) is 0 Å². The molecule has 3 heterocycles. The van der Waals surface area contributed by atoms with Crippen LogP contribution in [0.25, 0.3) is 10.9 Å². The number of hydrogen-bond acceptors (Lipinski definition) is 5. The number of rotatable bonds is 8. The van der Waals surface area contributed by atoms with Crippen LogP contribution in [0.3, 0.4) is 0 Å². The molecule has 0 spiro atoms. The highest BCUT2D eigenvalue weighted by Crippen LogP contribution is 2.59. The first-order valence-electron chi connectivity index (χ1n) is 13.8. The molecule has 2 aromatic heterocycles. The van der Waals surface area contributed by atoms with Gasteiger partial charge in [-0.05, 0) is 42.0 Å². The number of H-pyrrole nitrogens is 1. The van der Waals surface area contributed by atoms with Crippen molar-refractivity contribution >= 4 is 41.6 Å². The number of carbonyl (C=O) groups is 2. The molecule has 2 amide bonds. The topological polar surface area (TPSA) is 136 Å². The van der Waals surface area contributed by atoms with E-state index < -0.39 is 36.2 Å². The van der Waals surface area contributed by atoms with E-state index in [9.17, 15) is 22.9 Å². The van der Waals surface area contributed by atoms with E-state index >= 15 is 0 Å². The number of halogens is 2. The van der Waals surface area contributed by atoms with Crippen LogP contribution in [0.2, 0.25) is 0 Å². The molecule has 2 atom stereocenters. The smallest absolute Gasteiger partial charge is 0.351 e. The fraction of sp³-hybridized carbons (Fsp3) is 0.367. The third-order valence-corrected chi connectivity index (χ3v) is 9.67. The molecule has 1 aliphatic heterocycles. The van der Waals surface area contributed by atoms with Gasteiger partial charge in [-0.15, -0.1) is 11.3 Å². The first kappa shape index (κ1) is 31.0. The number of hydrogen-bond donors (Lipinski definition) is 4. The third kappa shape index (κ3) is 6.43. The zero-order chi connectivity index (χ0) is 31.2. The molecule has 0 bridgehead atoms. The molecule has 43 heavy (non-hydrogen) atoms. The van der Waals surface area contributed by atoms with Gasteiger partial charge in [0.1, 0.15) is 16.7 Å². The van der Waals surface area contributed by atoms with E-state index in [1.807, 2.05) is 45.2 Å². The maximum absolute atomic E-state index is 14.3. The quantitative estimate of drug-likeness (QED) is 0.178. The lowest BCUT2D eigenvalue weighted by Gasteiger charge is -2.35. The van der Waals surface area contributed by atoms with Crippen molar-refractivity contribution in [3.63, 3.8) is 0 Å². The summed E-state index contributed by atoms with van der Waals surface area (Å²) in [6, 6.07) is 13.4. The summed E-state index contributed by atoms with van der Waals surface area (Å²) in [5.74, 6) is -0.842. The van der Waals surface area contributed by atoms with E-state index in [1.165, 1.54) is 17.7 Å². The Balaban J connectivity index is 1.34. The summed E-state index contributed by atoms with van der Waals surface area (Å²) in [5.41, 5.74) is -4.38. The fourth-order valence-electron chi connectivity index (χ4n) is 5.28.